The third-order valence-corrected chi connectivity index (χ3v) is 2.54. The largest absolute Gasteiger partial charge is 0.380 e. The Hall–Kier alpha value is -0.430. The van der Waals surface area contributed by atoms with Gasteiger partial charge in [0.05, 0.1) is 6.61 Å². The van der Waals surface area contributed by atoms with E-state index in [0.29, 0.717) is 0 Å². The van der Waals surface area contributed by atoms with Gasteiger partial charge in [0.25, 0.3) is 0 Å². The molecule has 15 heavy (non-hydrogen) atoms. The molecule has 0 saturated heterocycles. The summed E-state index contributed by atoms with van der Waals surface area (Å²) in [6.45, 7) is 7.30. The molecular formula is C10H16IN3O. The lowest BCUT2D eigenvalue weighted by Crippen LogP contribution is -2.28. The van der Waals surface area contributed by atoms with Gasteiger partial charge in [0.15, 0.2) is 0 Å². The molecular weight excluding hydrogens is 305 g/mol. The second-order valence-electron chi connectivity index (χ2n) is 2.98. The van der Waals surface area contributed by atoms with Crippen molar-refractivity contribution in [1.29, 1.82) is 0 Å². The molecule has 0 radical (unpaired) electrons. The molecule has 0 saturated carbocycles. The van der Waals surface area contributed by atoms with Crippen LogP contribution in [0.4, 0.5) is 5.95 Å². The maximum Gasteiger partial charge on any atom is 0.225 e. The minimum Gasteiger partial charge on any atom is -0.380 e. The zero-order chi connectivity index (χ0) is 11.1. The Kier molecular flexibility index (Phi) is 5.85. The van der Waals surface area contributed by atoms with Gasteiger partial charge in [0, 0.05) is 35.7 Å². The van der Waals surface area contributed by atoms with E-state index in [1.807, 2.05) is 19.3 Å². The minimum absolute atomic E-state index is 0.722. The van der Waals surface area contributed by atoms with Crippen molar-refractivity contribution in [3.63, 3.8) is 0 Å². The van der Waals surface area contributed by atoms with Crippen LogP contribution >= 0.6 is 22.6 Å². The van der Waals surface area contributed by atoms with Crippen LogP contribution in [0.25, 0.3) is 0 Å². The molecule has 4 nitrogen and oxygen atoms in total. The monoisotopic (exact) mass is 321 g/mol. The van der Waals surface area contributed by atoms with E-state index in [4.69, 9.17) is 4.74 Å². The molecule has 0 aliphatic rings. The van der Waals surface area contributed by atoms with Crippen LogP contribution in [0.1, 0.15) is 13.8 Å². The fourth-order valence-corrected chi connectivity index (χ4v) is 1.47. The number of halogens is 1. The van der Waals surface area contributed by atoms with Crippen molar-refractivity contribution < 1.29 is 4.74 Å². The number of likely N-dealkylation sites (N-methyl/N-ethyl adjacent to an activating group) is 1. The summed E-state index contributed by atoms with van der Waals surface area (Å²) < 4.78 is 6.37. The topological polar surface area (TPSA) is 38.2 Å². The van der Waals surface area contributed by atoms with E-state index >= 15 is 0 Å². The highest BCUT2D eigenvalue weighted by molar-refractivity contribution is 14.1. The lowest BCUT2D eigenvalue weighted by Gasteiger charge is -2.20. The maximum absolute atomic E-state index is 5.31. The second-order valence-corrected chi connectivity index (χ2v) is 4.22. The third-order valence-electron chi connectivity index (χ3n) is 1.98. The first kappa shape index (κ1) is 12.6. The molecule has 1 aromatic heterocycles. The minimum atomic E-state index is 0.722. The van der Waals surface area contributed by atoms with E-state index in [1.165, 1.54) is 0 Å². The average molecular weight is 321 g/mol. The van der Waals surface area contributed by atoms with E-state index < -0.39 is 0 Å². The van der Waals surface area contributed by atoms with Crippen molar-refractivity contribution in [1.82, 2.24) is 9.97 Å². The quantitative estimate of drug-likeness (QED) is 0.593. The molecule has 0 bridgehead atoms. The molecule has 0 fully saturated rings. The summed E-state index contributed by atoms with van der Waals surface area (Å²) >= 11 is 2.20. The van der Waals surface area contributed by atoms with Crippen molar-refractivity contribution in [2.24, 2.45) is 0 Å². The average Bonchev–Trinajstić information content (AvgIpc) is 2.26. The Bertz CT molecular complexity index is 279. The van der Waals surface area contributed by atoms with Gasteiger partial charge in [-0.1, -0.05) is 0 Å². The van der Waals surface area contributed by atoms with Gasteiger partial charge in [-0.2, -0.15) is 0 Å². The summed E-state index contributed by atoms with van der Waals surface area (Å²) in [6, 6.07) is 0. The predicted molar refractivity (Wildman–Crippen MR) is 69.1 cm³/mol. The fourth-order valence-electron chi connectivity index (χ4n) is 1.19. The van der Waals surface area contributed by atoms with Crippen LogP contribution in [0.3, 0.4) is 0 Å². The number of aromatic nitrogens is 2. The Labute approximate surface area is 104 Å². The number of ether oxygens (including phenoxy) is 1. The van der Waals surface area contributed by atoms with Crippen LogP contribution in [0.2, 0.25) is 0 Å². The van der Waals surface area contributed by atoms with E-state index in [9.17, 15) is 0 Å². The first-order valence-electron chi connectivity index (χ1n) is 5.08. The maximum atomic E-state index is 5.31. The molecule has 0 atom stereocenters. The van der Waals surface area contributed by atoms with E-state index in [0.717, 1.165) is 35.8 Å². The highest BCUT2D eigenvalue weighted by Crippen LogP contribution is 2.07. The molecule has 1 heterocycles. The molecule has 5 heteroatoms. The standard InChI is InChI=1S/C10H16IN3O/c1-3-14(5-6-15-4-2)10-12-7-9(11)8-13-10/h7-8H,3-6H2,1-2H3. The van der Waals surface area contributed by atoms with Crippen molar-refractivity contribution in [2.75, 3.05) is 31.2 Å². The lowest BCUT2D eigenvalue weighted by molar-refractivity contribution is 0.153. The fraction of sp³-hybridized carbons (Fsp3) is 0.600. The Morgan fingerprint density at radius 3 is 2.53 bits per heavy atom. The number of hydrogen-bond donors (Lipinski definition) is 0. The van der Waals surface area contributed by atoms with E-state index in [-0.39, 0.29) is 0 Å². The van der Waals surface area contributed by atoms with Gasteiger partial charge in [-0.3, -0.25) is 0 Å². The molecule has 0 aliphatic heterocycles. The number of rotatable bonds is 6. The van der Waals surface area contributed by atoms with Crippen LogP contribution in [0, 0.1) is 3.57 Å². The van der Waals surface area contributed by atoms with E-state index in [2.05, 4.69) is 44.4 Å². The lowest BCUT2D eigenvalue weighted by atomic mass is 10.5. The number of anilines is 1. The van der Waals surface area contributed by atoms with Crippen molar-refractivity contribution in [2.45, 2.75) is 13.8 Å². The highest BCUT2D eigenvalue weighted by Gasteiger charge is 2.06. The second kappa shape index (κ2) is 6.95. The summed E-state index contributed by atoms with van der Waals surface area (Å²) in [5.74, 6) is 0.776. The van der Waals surface area contributed by atoms with Crippen LogP contribution in [0.15, 0.2) is 12.4 Å². The molecule has 0 N–H and O–H groups in total. The van der Waals surface area contributed by atoms with Crippen molar-refractivity contribution >= 4 is 28.5 Å². The van der Waals surface area contributed by atoms with Crippen molar-refractivity contribution in [3.8, 4) is 0 Å². The van der Waals surface area contributed by atoms with Crippen LogP contribution in [-0.4, -0.2) is 36.3 Å². The number of hydrogen-bond acceptors (Lipinski definition) is 4. The number of nitrogens with zero attached hydrogens (tertiary/aromatic N) is 3. The van der Waals surface area contributed by atoms with Gasteiger partial charge in [-0.15, -0.1) is 0 Å². The van der Waals surface area contributed by atoms with Gasteiger partial charge in [0.1, 0.15) is 0 Å². The summed E-state index contributed by atoms with van der Waals surface area (Å²) in [5, 5.41) is 0. The molecule has 0 amide bonds. The normalized spacial score (nSPS) is 10.3. The first-order valence-corrected chi connectivity index (χ1v) is 6.16. The van der Waals surface area contributed by atoms with Crippen LogP contribution in [0.5, 0.6) is 0 Å². The molecule has 1 rings (SSSR count). The zero-order valence-corrected chi connectivity index (χ0v) is 11.3. The Balaban J connectivity index is 2.53. The van der Waals surface area contributed by atoms with Gasteiger partial charge < -0.3 is 9.64 Å². The smallest absolute Gasteiger partial charge is 0.225 e. The summed E-state index contributed by atoms with van der Waals surface area (Å²) in [5.41, 5.74) is 0. The molecule has 0 spiro atoms. The van der Waals surface area contributed by atoms with Gasteiger partial charge >= 0.3 is 0 Å². The summed E-state index contributed by atoms with van der Waals surface area (Å²) in [7, 11) is 0. The Morgan fingerprint density at radius 2 is 2.00 bits per heavy atom. The van der Waals surface area contributed by atoms with Gasteiger partial charge in [-0.05, 0) is 36.4 Å². The SMILES string of the molecule is CCOCCN(CC)c1ncc(I)cn1. The van der Waals surface area contributed by atoms with Crippen LogP contribution < -0.4 is 4.90 Å². The first-order chi connectivity index (χ1) is 7.27. The third kappa shape index (κ3) is 4.29. The summed E-state index contributed by atoms with van der Waals surface area (Å²) in [6.07, 6.45) is 3.65. The predicted octanol–water partition coefficient (Wildman–Crippen LogP) is 1.94. The summed E-state index contributed by atoms with van der Waals surface area (Å²) in [4.78, 5) is 10.7. The Morgan fingerprint density at radius 1 is 1.33 bits per heavy atom. The van der Waals surface area contributed by atoms with Crippen molar-refractivity contribution in [3.05, 3.63) is 16.0 Å². The van der Waals surface area contributed by atoms with Gasteiger partial charge in [-0.25, -0.2) is 9.97 Å². The molecule has 0 aliphatic carbocycles. The van der Waals surface area contributed by atoms with E-state index in [1.54, 1.807) is 0 Å². The molecule has 0 aromatic carbocycles. The highest BCUT2D eigenvalue weighted by atomic mass is 127. The zero-order valence-electron chi connectivity index (χ0n) is 9.11. The van der Waals surface area contributed by atoms with Crippen LogP contribution in [-0.2, 0) is 4.74 Å². The molecule has 84 valence electrons. The molecule has 1 aromatic rings. The molecule has 0 unspecified atom stereocenters. The van der Waals surface area contributed by atoms with Gasteiger partial charge in [0.2, 0.25) is 5.95 Å².